The normalized spacial score (nSPS) is 23.7. The third-order valence-electron chi connectivity index (χ3n) is 5.56. The number of aryl methyl sites for hydroxylation is 1. The lowest BCUT2D eigenvalue weighted by Crippen LogP contribution is -2.38. The van der Waals surface area contributed by atoms with Crippen molar-refractivity contribution in [2.75, 3.05) is 32.9 Å². The predicted molar refractivity (Wildman–Crippen MR) is 98.3 cm³/mol. The van der Waals surface area contributed by atoms with Crippen molar-refractivity contribution in [3.8, 4) is 11.9 Å². The van der Waals surface area contributed by atoms with Gasteiger partial charge in [0.15, 0.2) is 0 Å². The molecule has 4 rings (SSSR count). The molecule has 2 aromatic rings. The fourth-order valence-electron chi connectivity index (χ4n) is 3.92. The lowest BCUT2D eigenvalue weighted by atomic mass is 9.82. The van der Waals surface area contributed by atoms with Crippen molar-refractivity contribution in [3.63, 3.8) is 0 Å². The van der Waals surface area contributed by atoms with Crippen molar-refractivity contribution in [2.24, 2.45) is 11.3 Å². The Hall–Kier alpha value is -2.91. The quantitative estimate of drug-likeness (QED) is 0.834. The molecule has 2 aliphatic heterocycles. The number of carbonyl (C=O) groups is 1. The number of rotatable bonds is 4. The highest BCUT2D eigenvalue weighted by atomic mass is 16.5. The van der Waals surface area contributed by atoms with Gasteiger partial charge in [0, 0.05) is 36.8 Å². The molecule has 0 radical (unpaired) electrons. The number of aromatic nitrogens is 1. The van der Waals surface area contributed by atoms with Gasteiger partial charge >= 0.3 is 0 Å². The maximum atomic E-state index is 13.0. The van der Waals surface area contributed by atoms with Crippen LogP contribution in [0, 0.1) is 29.6 Å². The van der Waals surface area contributed by atoms with Crippen LogP contribution in [-0.4, -0.2) is 48.7 Å². The van der Waals surface area contributed by atoms with Gasteiger partial charge in [0.25, 0.3) is 5.91 Å². The van der Waals surface area contributed by atoms with Crippen molar-refractivity contribution in [1.82, 2.24) is 9.88 Å². The molecule has 138 valence electrons. The molecule has 0 aliphatic carbocycles. The van der Waals surface area contributed by atoms with E-state index in [1.54, 1.807) is 12.1 Å². The zero-order chi connectivity index (χ0) is 18.9. The number of ether oxygens (including phenoxy) is 2. The summed E-state index contributed by atoms with van der Waals surface area (Å²) in [6.45, 7) is 4.91. The number of fused-ring (bicyclic) bond motifs is 1. The Morgan fingerprint density at radius 3 is 3.00 bits per heavy atom. The summed E-state index contributed by atoms with van der Waals surface area (Å²) in [5, 5.41) is 8.86. The monoisotopic (exact) mass is 363 g/mol. The molecule has 2 saturated heterocycles. The molecular weight excluding hydrogens is 342 g/mol. The van der Waals surface area contributed by atoms with E-state index in [0.29, 0.717) is 44.4 Å². The number of hydrogen-bond acceptors (Lipinski definition) is 5. The molecule has 1 amide bonds. The number of benzene rings is 1. The summed E-state index contributed by atoms with van der Waals surface area (Å²) in [4.78, 5) is 19.1. The van der Waals surface area contributed by atoms with Gasteiger partial charge in [0.05, 0.1) is 30.8 Å². The molecule has 0 unspecified atom stereocenters. The van der Waals surface area contributed by atoms with E-state index >= 15 is 0 Å². The molecular formula is C21H21N3O3. The zero-order valence-corrected chi connectivity index (χ0v) is 15.2. The third-order valence-corrected chi connectivity index (χ3v) is 5.56. The summed E-state index contributed by atoms with van der Waals surface area (Å²) in [5.74, 6) is 0.805. The first kappa shape index (κ1) is 17.5. The number of hydrogen-bond donors (Lipinski definition) is 0. The van der Waals surface area contributed by atoms with E-state index in [1.165, 1.54) is 6.20 Å². The molecule has 0 saturated carbocycles. The molecule has 1 aromatic carbocycles. The fourth-order valence-corrected chi connectivity index (χ4v) is 3.92. The van der Waals surface area contributed by atoms with Gasteiger partial charge in [0.2, 0.25) is 5.88 Å². The van der Waals surface area contributed by atoms with Crippen LogP contribution in [0.2, 0.25) is 0 Å². The minimum atomic E-state index is -0.214. The summed E-state index contributed by atoms with van der Waals surface area (Å²) < 4.78 is 11.6. The average Bonchev–Trinajstić information content (AvgIpc) is 3.24. The maximum Gasteiger partial charge on any atom is 0.254 e. The molecule has 0 bridgehead atoms. The summed E-state index contributed by atoms with van der Waals surface area (Å²) >= 11 is 0. The van der Waals surface area contributed by atoms with Gasteiger partial charge in [-0.25, -0.2) is 4.98 Å². The van der Waals surface area contributed by atoms with Gasteiger partial charge in [0.1, 0.15) is 6.07 Å². The third kappa shape index (κ3) is 3.26. The topological polar surface area (TPSA) is 75.5 Å². The van der Waals surface area contributed by atoms with E-state index in [1.807, 2.05) is 42.2 Å². The summed E-state index contributed by atoms with van der Waals surface area (Å²) in [6, 6.07) is 13.1. The van der Waals surface area contributed by atoms with Crippen LogP contribution in [0.4, 0.5) is 0 Å². The van der Waals surface area contributed by atoms with Crippen molar-refractivity contribution in [2.45, 2.75) is 6.92 Å². The highest BCUT2D eigenvalue weighted by molar-refractivity contribution is 5.95. The Kier molecular flexibility index (Phi) is 4.54. The van der Waals surface area contributed by atoms with Gasteiger partial charge in [-0.3, -0.25) is 4.79 Å². The van der Waals surface area contributed by atoms with Crippen LogP contribution in [0.5, 0.6) is 5.88 Å². The average molecular weight is 363 g/mol. The van der Waals surface area contributed by atoms with E-state index < -0.39 is 0 Å². The van der Waals surface area contributed by atoms with Crippen LogP contribution >= 0.6 is 0 Å². The van der Waals surface area contributed by atoms with Crippen LogP contribution in [0.1, 0.15) is 21.5 Å². The fraction of sp³-hybridized carbons (Fsp3) is 0.381. The van der Waals surface area contributed by atoms with Crippen molar-refractivity contribution in [1.29, 1.82) is 5.26 Å². The highest BCUT2D eigenvalue weighted by Gasteiger charge is 2.52. The summed E-state index contributed by atoms with van der Waals surface area (Å²) in [5.41, 5.74) is 2.03. The number of pyridine rings is 1. The van der Waals surface area contributed by atoms with Gasteiger partial charge in [-0.05, 0) is 24.6 Å². The predicted octanol–water partition coefficient (Wildman–Crippen LogP) is 2.43. The largest absolute Gasteiger partial charge is 0.477 e. The Bertz CT molecular complexity index is 890. The molecule has 6 nitrogen and oxygen atoms in total. The Morgan fingerprint density at radius 2 is 2.26 bits per heavy atom. The van der Waals surface area contributed by atoms with E-state index in [-0.39, 0.29) is 17.2 Å². The minimum Gasteiger partial charge on any atom is -0.477 e. The standard InChI is InChI=1S/C21H21N3O3/c1-15-4-2-3-5-18(15)20(25)24-10-17-11-26-13-21(17,12-24)14-27-19-7-6-16(8-22)9-23-19/h2-7,9,17H,10-14H2,1H3/t17-,21+/m1/s1. The molecule has 27 heavy (non-hydrogen) atoms. The first-order chi connectivity index (χ1) is 13.1. The van der Waals surface area contributed by atoms with Gasteiger partial charge in [-0.1, -0.05) is 18.2 Å². The Morgan fingerprint density at radius 1 is 1.41 bits per heavy atom. The Balaban J connectivity index is 1.47. The first-order valence-corrected chi connectivity index (χ1v) is 9.03. The van der Waals surface area contributed by atoms with Crippen LogP contribution in [0.15, 0.2) is 42.6 Å². The first-order valence-electron chi connectivity index (χ1n) is 9.03. The molecule has 6 heteroatoms. The van der Waals surface area contributed by atoms with Crippen molar-refractivity contribution >= 4 is 5.91 Å². The lowest BCUT2D eigenvalue weighted by Gasteiger charge is -2.27. The maximum absolute atomic E-state index is 13.0. The molecule has 2 aliphatic rings. The van der Waals surface area contributed by atoms with Crippen molar-refractivity contribution < 1.29 is 14.3 Å². The van der Waals surface area contributed by atoms with E-state index in [9.17, 15) is 4.79 Å². The molecule has 1 aromatic heterocycles. The van der Waals surface area contributed by atoms with Crippen LogP contribution in [-0.2, 0) is 4.74 Å². The number of likely N-dealkylation sites (tertiary alicyclic amines) is 1. The van der Waals surface area contributed by atoms with Gasteiger partial charge in [-0.2, -0.15) is 5.26 Å². The SMILES string of the molecule is Cc1ccccc1C(=O)N1C[C@@H]2COC[C@]2(COc2ccc(C#N)cn2)C1. The van der Waals surface area contributed by atoms with E-state index in [2.05, 4.69) is 4.98 Å². The van der Waals surface area contributed by atoms with Crippen LogP contribution in [0.3, 0.4) is 0 Å². The lowest BCUT2D eigenvalue weighted by molar-refractivity contribution is 0.0655. The summed E-state index contributed by atoms with van der Waals surface area (Å²) in [6.07, 6.45) is 1.50. The number of carbonyl (C=O) groups excluding carboxylic acids is 1. The second-order valence-corrected chi connectivity index (χ2v) is 7.36. The second-order valence-electron chi connectivity index (χ2n) is 7.36. The second kappa shape index (κ2) is 7.01. The molecule has 3 heterocycles. The summed E-state index contributed by atoms with van der Waals surface area (Å²) in [7, 11) is 0. The zero-order valence-electron chi connectivity index (χ0n) is 15.2. The van der Waals surface area contributed by atoms with E-state index in [4.69, 9.17) is 14.7 Å². The number of nitriles is 1. The number of nitrogens with zero attached hydrogens (tertiary/aromatic N) is 3. The van der Waals surface area contributed by atoms with Gasteiger partial charge in [-0.15, -0.1) is 0 Å². The highest BCUT2D eigenvalue weighted by Crippen LogP contribution is 2.42. The van der Waals surface area contributed by atoms with Crippen molar-refractivity contribution in [3.05, 3.63) is 59.3 Å². The molecule has 0 spiro atoms. The molecule has 2 atom stereocenters. The van der Waals surface area contributed by atoms with Crippen LogP contribution in [0.25, 0.3) is 0 Å². The number of amides is 1. The molecule has 2 fully saturated rings. The minimum absolute atomic E-state index is 0.0679. The van der Waals surface area contributed by atoms with Crippen LogP contribution < -0.4 is 4.74 Å². The smallest absolute Gasteiger partial charge is 0.254 e. The Labute approximate surface area is 158 Å². The molecule has 0 N–H and O–H groups in total. The van der Waals surface area contributed by atoms with E-state index in [0.717, 1.165) is 11.1 Å². The van der Waals surface area contributed by atoms with Gasteiger partial charge < -0.3 is 14.4 Å².